The molecule has 23 heavy (non-hydrogen) atoms. The molecule has 1 atom stereocenters. The van der Waals surface area contributed by atoms with Gasteiger partial charge < -0.3 is 19.7 Å². The Balaban J connectivity index is 1.91. The topological polar surface area (TPSA) is 109 Å². The van der Waals surface area contributed by atoms with Crippen LogP contribution in [0, 0.1) is 0 Å². The minimum absolute atomic E-state index is 0.107. The molecular formula is C14H18N4O5. The number of nitrogens with one attached hydrogen (secondary N) is 3. The normalized spacial score (nSPS) is 16.7. The summed E-state index contributed by atoms with van der Waals surface area (Å²) in [6, 6.07) is 6.12. The third kappa shape index (κ3) is 4.25. The van der Waals surface area contributed by atoms with E-state index in [0.717, 1.165) is 0 Å². The quantitative estimate of drug-likeness (QED) is 0.697. The lowest BCUT2D eigenvalue weighted by atomic mass is 10.2. The molecule has 1 aliphatic heterocycles. The molecule has 0 unspecified atom stereocenters. The van der Waals surface area contributed by atoms with E-state index in [1.165, 1.54) is 7.11 Å². The van der Waals surface area contributed by atoms with E-state index in [9.17, 15) is 14.4 Å². The standard InChI is InChI=1S/C14H18N4O5/c1-22-11-5-3-4-10(7-11)18-8-9(6-12(18)19)15-13(20)16-17-14(21)23-2/h3-5,7,9H,6,8H2,1-2H3,(H,17,21)(H2,15,16,20)/t9-/m1/s1. The Kier molecular flexibility index (Phi) is 5.23. The number of carbonyl (C=O) groups is 3. The highest BCUT2D eigenvalue weighted by atomic mass is 16.5. The zero-order chi connectivity index (χ0) is 16.8. The number of carbonyl (C=O) groups excluding carboxylic acids is 3. The van der Waals surface area contributed by atoms with Crippen LogP contribution in [0.2, 0.25) is 0 Å². The van der Waals surface area contributed by atoms with Gasteiger partial charge in [-0.2, -0.15) is 0 Å². The van der Waals surface area contributed by atoms with Gasteiger partial charge >= 0.3 is 12.1 Å². The third-order valence-corrected chi connectivity index (χ3v) is 3.29. The molecule has 1 saturated heterocycles. The van der Waals surface area contributed by atoms with Crippen molar-refractivity contribution in [2.45, 2.75) is 12.5 Å². The summed E-state index contributed by atoms with van der Waals surface area (Å²) >= 11 is 0. The average Bonchev–Trinajstić information content (AvgIpc) is 2.92. The summed E-state index contributed by atoms with van der Waals surface area (Å²) in [6.07, 6.45) is -0.622. The van der Waals surface area contributed by atoms with E-state index in [4.69, 9.17) is 4.74 Å². The number of anilines is 1. The molecule has 0 aromatic heterocycles. The summed E-state index contributed by atoms with van der Waals surface area (Å²) in [5.74, 6) is 0.538. The predicted octanol–water partition coefficient (Wildman–Crippen LogP) is 0.371. The fraction of sp³-hybridized carbons (Fsp3) is 0.357. The number of nitrogens with zero attached hydrogens (tertiary/aromatic N) is 1. The molecule has 9 heteroatoms. The van der Waals surface area contributed by atoms with Crippen molar-refractivity contribution < 1.29 is 23.9 Å². The molecule has 1 heterocycles. The van der Waals surface area contributed by atoms with Crippen molar-refractivity contribution in [2.75, 3.05) is 25.7 Å². The van der Waals surface area contributed by atoms with Crippen LogP contribution in [0.4, 0.5) is 15.3 Å². The van der Waals surface area contributed by atoms with E-state index in [1.54, 1.807) is 36.3 Å². The van der Waals surface area contributed by atoms with Crippen molar-refractivity contribution >= 4 is 23.7 Å². The zero-order valence-corrected chi connectivity index (χ0v) is 12.8. The van der Waals surface area contributed by atoms with Crippen molar-refractivity contribution in [3.63, 3.8) is 0 Å². The lowest BCUT2D eigenvalue weighted by Gasteiger charge is -2.18. The molecular weight excluding hydrogens is 304 g/mol. The number of benzene rings is 1. The first-order valence-corrected chi connectivity index (χ1v) is 6.88. The Morgan fingerprint density at radius 2 is 2.04 bits per heavy atom. The van der Waals surface area contributed by atoms with E-state index in [1.807, 2.05) is 5.43 Å². The molecule has 1 aliphatic rings. The maximum Gasteiger partial charge on any atom is 0.425 e. The van der Waals surface area contributed by atoms with Crippen LogP contribution >= 0.6 is 0 Å². The van der Waals surface area contributed by atoms with Crippen LogP contribution in [-0.2, 0) is 9.53 Å². The number of rotatable bonds is 3. The molecule has 9 nitrogen and oxygen atoms in total. The minimum atomic E-state index is -0.791. The van der Waals surface area contributed by atoms with Gasteiger partial charge in [-0.05, 0) is 12.1 Å². The first kappa shape index (κ1) is 16.4. The largest absolute Gasteiger partial charge is 0.497 e. The zero-order valence-electron chi connectivity index (χ0n) is 12.8. The van der Waals surface area contributed by atoms with E-state index < -0.39 is 12.1 Å². The molecule has 3 N–H and O–H groups in total. The number of methoxy groups -OCH3 is 2. The van der Waals surface area contributed by atoms with Crippen LogP contribution in [0.1, 0.15) is 6.42 Å². The van der Waals surface area contributed by atoms with E-state index in [-0.39, 0.29) is 18.4 Å². The second kappa shape index (κ2) is 7.34. The molecule has 0 radical (unpaired) electrons. The molecule has 1 aromatic rings. The Bertz CT molecular complexity index is 607. The molecule has 0 aliphatic carbocycles. The molecule has 1 fully saturated rings. The highest BCUT2D eigenvalue weighted by molar-refractivity contribution is 5.97. The van der Waals surface area contributed by atoms with Crippen LogP contribution in [0.3, 0.4) is 0 Å². The lowest BCUT2D eigenvalue weighted by molar-refractivity contribution is -0.117. The SMILES string of the molecule is COC(=O)NNC(=O)N[C@@H]1CC(=O)N(c2cccc(OC)c2)C1. The number of hydrogen-bond acceptors (Lipinski definition) is 5. The fourth-order valence-electron chi connectivity index (χ4n) is 2.21. The van der Waals surface area contributed by atoms with Gasteiger partial charge in [0.25, 0.3) is 0 Å². The summed E-state index contributed by atoms with van der Waals surface area (Å²) < 4.78 is 9.45. The van der Waals surface area contributed by atoms with Crippen molar-refractivity contribution in [2.24, 2.45) is 0 Å². The van der Waals surface area contributed by atoms with Crippen molar-refractivity contribution in [1.29, 1.82) is 0 Å². The maximum absolute atomic E-state index is 12.1. The number of amides is 4. The van der Waals surface area contributed by atoms with Gasteiger partial charge in [-0.15, -0.1) is 0 Å². The lowest BCUT2D eigenvalue weighted by Crippen LogP contribution is -2.50. The molecule has 1 aromatic carbocycles. The van der Waals surface area contributed by atoms with Gasteiger partial charge in [-0.1, -0.05) is 6.07 Å². The fourth-order valence-corrected chi connectivity index (χ4v) is 2.21. The summed E-state index contributed by atoms with van der Waals surface area (Å²) in [5, 5.41) is 2.60. The highest BCUT2D eigenvalue weighted by Gasteiger charge is 2.31. The second-order valence-electron chi connectivity index (χ2n) is 4.82. The van der Waals surface area contributed by atoms with E-state index in [2.05, 4.69) is 15.5 Å². The van der Waals surface area contributed by atoms with Crippen molar-refractivity contribution in [3.8, 4) is 5.75 Å². The predicted molar refractivity (Wildman–Crippen MR) is 81.0 cm³/mol. The van der Waals surface area contributed by atoms with E-state index >= 15 is 0 Å². The van der Waals surface area contributed by atoms with Crippen LogP contribution in [0.5, 0.6) is 5.75 Å². The number of hydrazine groups is 1. The van der Waals surface area contributed by atoms with Gasteiger partial charge in [-0.25, -0.2) is 20.4 Å². The maximum atomic E-state index is 12.1. The number of hydrogen-bond donors (Lipinski definition) is 3. The Hall–Kier alpha value is -2.97. The molecule has 0 saturated carbocycles. The number of ether oxygens (including phenoxy) is 2. The van der Waals surface area contributed by atoms with Crippen molar-refractivity contribution in [1.82, 2.24) is 16.2 Å². The van der Waals surface area contributed by atoms with Gasteiger partial charge in [0.05, 0.1) is 20.3 Å². The first-order valence-electron chi connectivity index (χ1n) is 6.88. The summed E-state index contributed by atoms with van der Waals surface area (Å²) in [6.45, 7) is 0.331. The molecule has 124 valence electrons. The number of urea groups is 1. The van der Waals surface area contributed by atoms with Gasteiger partial charge in [0.15, 0.2) is 0 Å². The van der Waals surface area contributed by atoms with E-state index in [0.29, 0.717) is 18.0 Å². The van der Waals surface area contributed by atoms with Crippen LogP contribution in [0.15, 0.2) is 24.3 Å². The third-order valence-electron chi connectivity index (χ3n) is 3.29. The monoisotopic (exact) mass is 322 g/mol. The molecule has 0 bridgehead atoms. The van der Waals surface area contributed by atoms with Gasteiger partial charge in [0, 0.05) is 24.7 Å². The summed E-state index contributed by atoms with van der Waals surface area (Å²) in [5.41, 5.74) is 4.86. The molecule has 2 rings (SSSR count). The minimum Gasteiger partial charge on any atom is -0.497 e. The smallest absolute Gasteiger partial charge is 0.425 e. The summed E-state index contributed by atoms with van der Waals surface area (Å²) in [7, 11) is 2.73. The average molecular weight is 322 g/mol. The van der Waals surface area contributed by atoms with Crippen molar-refractivity contribution in [3.05, 3.63) is 24.3 Å². The summed E-state index contributed by atoms with van der Waals surface area (Å²) in [4.78, 5) is 36.2. The van der Waals surface area contributed by atoms with Gasteiger partial charge in [0.1, 0.15) is 5.75 Å². The highest BCUT2D eigenvalue weighted by Crippen LogP contribution is 2.25. The van der Waals surface area contributed by atoms with Crippen LogP contribution in [0.25, 0.3) is 0 Å². The first-order chi connectivity index (χ1) is 11.0. The molecule has 0 spiro atoms. The second-order valence-corrected chi connectivity index (χ2v) is 4.82. The Morgan fingerprint density at radius 1 is 1.26 bits per heavy atom. The van der Waals surface area contributed by atoms with Crippen LogP contribution < -0.4 is 25.8 Å². The van der Waals surface area contributed by atoms with Gasteiger partial charge in [0.2, 0.25) is 5.91 Å². The molecule has 4 amide bonds. The Morgan fingerprint density at radius 3 is 2.74 bits per heavy atom. The van der Waals surface area contributed by atoms with Crippen LogP contribution in [-0.4, -0.2) is 44.8 Å². The van der Waals surface area contributed by atoms with Gasteiger partial charge in [-0.3, -0.25) is 4.79 Å². The Labute approximate surface area is 132 Å².